The van der Waals surface area contributed by atoms with Crippen molar-refractivity contribution in [3.8, 4) is 17.0 Å². The van der Waals surface area contributed by atoms with Gasteiger partial charge in [-0.2, -0.15) is 5.10 Å². The Bertz CT molecular complexity index is 1370. The monoisotopic (exact) mass is 482 g/mol. The highest BCUT2D eigenvalue weighted by atomic mass is 35.5. The molecule has 0 radical (unpaired) electrons. The number of nitrogens with one attached hydrogen (secondary N) is 1. The molecule has 0 aliphatic carbocycles. The van der Waals surface area contributed by atoms with E-state index in [1.54, 1.807) is 17.8 Å². The first-order chi connectivity index (χ1) is 16.3. The Hall–Kier alpha value is -3.49. The molecule has 0 aliphatic rings. The van der Waals surface area contributed by atoms with E-state index in [9.17, 15) is 9.18 Å². The molecule has 0 fully saturated rings. The minimum Gasteiger partial charge on any atom is -0.487 e. The number of aromatic nitrogens is 3. The first-order valence-corrected chi connectivity index (χ1v) is 11.1. The number of carbonyl (C=O) groups excluding carboxylic acids is 1. The highest BCUT2D eigenvalue weighted by Crippen LogP contribution is 2.34. The first kappa shape index (κ1) is 23.7. The lowest BCUT2D eigenvalue weighted by atomic mass is 10.0. The second-order valence-corrected chi connectivity index (χ2v) is 8.40. The van der Waals surface area contributed by atoms with Gasteiger partial charge in [0.2, 0.25) is 5.91 Å². The highest BCUT2D eigenvalue weighted by molar-refractivity contribution is 6.31. The molecule has 34 heavy (non-hydrogen) atoms. The number of aliphatic hydroxyl groups excluding tert-OH is 1. The van der Waals surface area contributed by atoms with Gasteiger partial charge >= 0.3 is 0 Å². The topological polar surface area (TPSA) is 89.3 Å². The number of carbonyl (C=O) groups is 1. The van der Waals surface area contributed by atoms with Gasteiger partial charge in [0.05, 0.1) is 16.8 Å². The SMILES string of the molecule is Cc1cc(-c2ccnn2C)c2cccc(OCc3c(Cl)cc(F)cc3[C@H](C)NC(=O)CO)c2n1. The summed E-state index contributed by atoms with van der Waals surface area (Å²) in [4.78, 5) is 16.4. The number of amides is 1. The Morgan fingerprint density at radius 2 is 2.09 bits per heavy atom. The molecule has 1 amide bonds. The van der Waals surface area contributed by atoms with Gasteiger partial charge in [-0.25, -0.2) is 9.37 Å². The molecular weight excluding hydrogens is 459 g/mol. The van der Waals surface area contributed by atoms with Crippen LogP contribution in [0.2, 0.25) is 5.02 Å². The number of rotatable bonds is 7. The Kier molecular flexibility index (Phi) is 6.81. The van der Waals surface area contributed by atoms with Gasteiger partial charge in [0.15, 0.2) is 0 Å². The Morgan fingerprint density at radius 3 is 2.79 bits per heavy atom. The van der Waals surface area contributed by atoms with Crippen molar-refractivity contribution < 1.29 is 19.0 Å². The van der Waals surface area contributed by atoms with E-state index in [0.717, 1.165) is 22.3 Å². The van der Waals surface area contributed by atoms with E-state index in [-0.39, 0.29) is 11.6 Å². The van der Waals surface area contributed by atoms with Crippen LogP contribution in [0.15, 0.2) is 48.7 Å². The number of aryl methyl sites for hydroxylation is 2. The summed E-state index contributed by atoms with van der Waals surface area (Å²) < 4.78 is 22.1. The van der Waals surface area contributed by atoms with Crippen LogP contribution in [0.3, 0.4) is 0 Å². The van der Waals surface area contributed by atoms with E-state index in [2.05, 4.69) is 10.4 Å². The highest BCUT2D eigenvalue weighted by Gasteiger charge is 2.19. The van der Waals surface area contributed by atoms with Gasteiger partial charge in [-0.15, -0.1) is 0 Å². The summed E-state index contributed by atoms with van der Waals surface area (Å²) in [7, 11) is 1.88. The molecule has 2 heterocycles. The van der Waals surface area contributed by atoms with Gasteiger partial charge in [0.25, 0.3) is 0 Å². The van der Waals surface area contributed by atoms with Crippen LogP contribution in [0.5, 0.6) is 5.75 Å². The van der Waals surface area contributed by atoms with Crippen LogP contribution in [0.25, 0.3) is 22.2 Å². The fourth-order valence-electron chi connectivity index (χ4n) is 3.99. The number of hydrogen-bond donors (Lipinski definition) is 2. The maximum atomic E-state index is 14.1. The summed E-state index contributed by atoms with van der Waals surface area (Å²) in [5.74, 6) is -0.559. The van der Waals surface area contributed by atoms with Crippen LogP contribution < -0.4 is 10.1 Å². The third-order valence-corrected chi connectivity index (χ3v) is 5.92. The molecule has 9 heteroatoms. The first-order valence-electron chi connectivity index (χ1n) is 10.7. The average molecular weight is 483 g/mol. The molecule has 2 N–H and O–H groups in total. The van der Waals surface area contributed by atoms with Crippen molar-refractivity contribution in [2.45, 2.75) is 26.5 Å². The van der Waals surface area contributed by atoms with E-state index in [0.29, 0.717) is 22.4 Å². The normalized spacial score (nSPS) is 12.1. The van der Waals surface area contributed by atoms with Crippen LogP contribution in [0.1, 0.15) is 29.8 Å². The van der Waals surface area contributed by atoms with E-state index >= 15 is 0 Å². The zero-order chi connectivity index (χ0) is 24.4. The molecule has 4 rings (SSSR count). The summed E-state index contributed by atoms with van der Waals surface area (Å²) in [5.41, 5.74) is 4.43. The molecule has 0 saturated carbocycles. The predicted octanol–water partition coefficient (Wildman–Crippen LogP) is 4.48. The quantitative estimate of drug-likeness (QED) is 0.405. The van der Waals surface area contributed by atoms with Gasteiger partial charge < -0.3 is 15.2 Å². The second kappa shape index (κ2) is 9.79. The second-order valence-electron chi connectivity index (χ2n) is 7.99. The number of ether oxygens (including phenoxy) is 1. The van der Waals surface area contributed by atoms with Crippen LogP contribution in [0.4, 0.5) is 4.39 Å². The van der Waals surface area contributed by atoms with Crippen molar-refractivity contribution in [2.75, 3.05) is 6.61 Å². The average Bonchev–Trinajstić information content (AvgIpc) is 3.23. The fraction of sp³-hybridized carbons (Fsp3) is 0.240. The van der Waals surface area contributed by atoms with E-state index in [1.807, 2.05) is 44.3 Å². The van der Waals surface area contributed by atoms with Gasteiger partial charge in [-0.3, -0.25) is 9.48 Å². The lowest BCUT2D eigenvalue weighted by molar-refractivity contribution is -0.124. The maximum Gasteiger partial charge on any atom is 0.246 e. The summed E-state index contributed by atoms with van der Waals surface area (Å²) in [6.07, 6.45) is 1.74. The van der Waals surface area contributed by atoms with Crippen LogP contribution >= 0.6 is 11.6 Å². The molecule has 0 aliphatic heterocycles. The molecule has 0 unspecified atom stereocenters. The van der Waals surface area contributed by atoms with Gasteiger partial charge in [-0.1, -0.05) is 23.7 Å². The third-order valence-electron chi connectivity index (χ3n) is 5.58. The molecule has 2 aromatic carbocycles. The summed E-state index contributed by atoms with van der Waals surface area (Å²) in [6, 6.07) is 11.5. The van der Waals surface area contributed by atoms with Crippen LogP contribution in [-0.4, -0.2) is 32.4 Å². The van der Waals surface area contributed by atoms with Gasteiger partial charge in [0.1, 0.15) is 30.3 Å². The van der Waals surface area contributed by atoms with Gasteiger partial charge in [-0.05, 0) is 49.7 Å². The molecule has 0 spiro atoms. The van der Waals surface area contributed by atoms with Crippen molar-refractivity contribution in [2.24, 2.45) is 7.05 Å². The molecule has 0 saturated heterocycles. The maximum absolute atomic E-state index is 14.1. The number of pyridine rings is 1. The lowest BCUT2D eigenvalue weighted by Crippen LogP contribution is -2.29. The van der Waals surface area contributed by atoms with Crippen molar-refractivity contribution in [3.05, 3.63) is 76.3 Å². The number of hydrogen-bond acceptors (Lipinski definition) is 5. The van der Waals surface area contributed by atoms with Crippen LogP contribution in [-0.2, 0) is 18.4 Å². The molecule has 0 bridgehead atoms. The number of nitrogens with zero attached hydrogens (tertiary/aromatic N) is 3. The van der Waals surface area contributed by atoms with Crippen molar-refractivity contribution in [1.29, 1.82) is 0 Å². The largest absolute Gasteiger partial charge is 0.487 e. The number of halogens is 2. The van der Waals surface area contributed by atoms with E-state index < -0.39 is 24.4 Å². The standard InChI is InChI=1S/C25H24ClFN4O3/c1-14-9-19(22-7-8-28-31(22)3)17-5-4-6-23(25(17)29-14)34-13-20-18(10-16(27)11-21(20)26)15(2)30-24(33)12-32/h4-11,15,32H,12-13H2,1-3H3,(H,30,33)/t15-/m0/s1. The van der Waals surface area contributed by atoms with Crippen molar-refractivity contribution in [3.63, 3.8) is 0 Å². The minimum absolute atomic E-state index is 0.0313. The third kappa shape index (κ3) is 4.73. The van der Waals surface area contributed by atoms with Crippen LogP contribution in [0, 0.1) is 12.7 Å². The predicted molar refractivity (Wildman–Crippen MR) is 128 cm³/mol. The lowest BCUT2D eigenvalue weighted by Gasteiger charge is -2.20. The van der Waals surface area contributed by atoms with Crippen molar-refractivity contribution in [1.82, 2.24) is 20.1 Å². The molecular formula is C25H24ClFN4O3. The van der Waals surface area contributed by atoms with Crippen molar-refractivity contribution >= 4 is 28.4 Å². The number of fused-ring (bicyclic) bond motifs is 1. The summed E-state index contributed by atoms with van der Waals surface area (Å²) in [6.45, 7) is 2.96. The number of benzene rings is 2. The minimum atomic E-state index is -0.667. The fourth-order valence-corrected chi connectivity index (χ4v) is 4.26. The zero-order valence-corrected chi connectivity index (χ0v) is 19.7. The van der Waals surface area contributed by atoms with E-state index in [1.165, 1.54) is 12.1 Å². The zero-order valence-electron chi connectivity index (χ0n) is 19.0. The number of aliphatic hydroxyl groups is 1. The molecule has 176 valence electrons. The van der Waals surface area contributed by atoms with E-state index in [4.69, 9.17) is 26.4 Å². The number of para-hydroxylation sites is 1. The molecule has 2 aromatic heterocycles. The Balaban J connectivity index is 1.72. The Morgan fingerprint density at radius 1 is 1.29 bits per heavy atom. The van der Waals surface area contributed by atoms with Gasteiger partial charge in [0, 0.05) is 35.5 Å². The molecule has 4 aromatic rings. The molecule has 7 nitrogen and oxygen atoms in total. The summed E-state index contributed by atoms with van der Waals surface area (Å²) in [5, 5.41) is 17.0. The smallest absolute Gasteiger partial charge is 0.246 e. The summed E-state index contributed by atoms with van der Waals surface area (Å²) >= 11 is 6.36. The Labute approximate surface area is 201 Å². The molecule has 1 atom stereocenters.